The Hall–Kier alpha value is -3.29. The van der Waals surface area contributed by atoms with E-state index in [1.807, 2.05) is 0 Å². The Morgan fingerprint density at radius 3 is 2.45 bits per heavy atom. The Balaban J connectivity index is 2.00. The molecule has 0 saturated heterocycles. The van der Waals surface area contributed by atoms with Crippen LogP contribution in [0.15, 0.2) is 59.7 Å². The van der Waals surface area contributed by atoms with Crippen LogP contribution in [0, 0.1) is 12.7 Å². The molecule has 150 valence electrons. The fraction of sp³-hybridized carbons (Fsp3) is 0.190. The predicted octanol–water partition coefficient (Wildman–Crippen LogP) is 4.64. The van der Waals surface area contributed by atoms with Crippen molar-refractivity contribution in [1.29, 1.82) is 0 Å². The third-order valence-corrected chi connectivity index (χ3v) is 4.56. The second-order valence-corrected chi connectivity index (χ2v) is 6.57. The number of benzene rings is 1. The quantitative estimate of drug-likeness (QED) is 0.498. The van der Waals surface area contributed by atoms with E-state index < -0.39 is 29.3 Å². The summed E-state index contributed by atoms with van der Waals surface area (Å²) >= 11 is 0. The van der Waals surface area contributed by atoms with Crippen molar-refractivity contribution in [2.75, 3.05) is 0 Å². The van der Waals surface area contributed by atoms with Gasteiger partial charge in [0, 0.05) is 35.9 Å². The maximum Gasteiger partial charge on any atom is 0.416 e. The molecule has 0 saturated carbocycles. The maximum absolute atomic E-state index is 14.4. The number of H-pyrrole nitrogens is 1. The monoisotopic (exact) mass is 404 g/mol. The molecule has 2 heterocycles. The second kappa shape index (κ2) is 7.98. The average molecular weight is 404 g/mol. The number of Topliss-reactive ketones (excluding diaryl/α,β-unsaturated/α-hetero) is 1. The number of alkyl halides is 3. The van der Waals surface area contributed by atoms with Crippen LogP contribution in [0.3, 0.4) is 0 Å². The number of carbonyl (C=O) groups excluding carboxylic acids is 1. The lowest BCUT2D eigenvalue weighted by Crippen LogP contribution is -2.15. The van der Waals surface area contributed by atoms with Crippen LogP contribution < -0.4 is 5.56 Å². The molecule has 0 aliphatic carbocycles. The molecular formula is C21H16F4N2O2. The number of aromatic nitrogens is 2. The SMILES string of the molecule is Cc1cc(C(=O)C[C@@H](c2ccc(C(F)(F)F)cc2)c2ncccc2F)c[nH]c1=O. The minimum absolute atomic E-state index is 0.0400. The fourth-order valence-corrected chi connectivity index (χ4v) is 2.99. The number of carbonyl (C=O) groups is 1. The van der Waals surface area contributed by atoms with Crippen LogP contribution in [-0.2, 0) is 6.18 Å². The third kappa shape index (κ3) is 4.59. The Morgan fingerprint density at radius 2 is 1.86 bits per heavy atom. The molecule has 29 heavy (non-hydrogen) atoms. The lowest BCUT2D eigenvalue weighted by molar-refractivity contribution is -0.137. The highest BCUT2D eigenvalue weighted by Crippen LogP contribution is 2.33. The molecule has 4 nitrogen and oxygen atoms in total. The molecule has 0 unspecified atom stereocenters. The number of aryl methyl sites for hydroxylation is 1. The van der Waals surface area contributed by atoms with Gasteiger partial charge >= 0.3 is 6.18 Å². The van der Waals surface area contributed by atoms with E-state index in [-0.39, 0.29) is 23.2 Å². The van der Waals surface area contributed by atoms with E-state index in [4.69, 9.17) is 0 Å². The van der Waals surface area contributed by atoms with Crippen LogP contribution in [0.4, 0.5) is 17.6 Å². The first-order chi connectivity index (χ1) is 13.7. The van der Waals surface area contributed by atoms with Gasteiger partial charge in [0.1, 0.15) is 5.82 Å². The Bertz CT molecular complexity index is 1090. The number of nitrogens with one attached hydrogen (secondary N) is 1. The average Bonchev–Trinajstić information content (AvgIpc) is 2.68. The summed E-state index contributed by atoms with van der Waals surface area (Å²) in [5, 5.41) is 0. The van der Waals surface area contributed by atoms with Gasteiger partial charge in [0.15, 0.2) is 5.78 Å². The summed E-state index contributed by atoms with van der Waals surface area (Å²) in [5.74, 6) is -1.96. The van der Waals surface area contributed by atoms with Crippen molar-refractivity contribution >= 4 is 5.78 Å². The lowest BCUT2D eigenvalue weighted by Gasteiger charge is -2.18. The molecule has 0 bridgehead atoms. The molecule has 8 heteroatoms. The van der Waals surface area contributed by atoms with Crippen molar-refractivity contribution in [3.8, 4) is 0 Å². The van der Waals surface area contributed by atoms with Crippen LogP contribution in [0.5, 0.6) is 0 Å². The van der Waals surface area contributed by atoms with Crippen LogP contribution in [0.25, 0.3) is 0 Å². The van der Waals surface area contributed by atoms with Crippen molar-refractivity contribution in [2.24, 2.45) is 0 Å². The van der Waals surface area contributed by atoms with E-state index in [0.717, 1.165) is 12.1 Å². The Labute approximate surface area is 163 Å². The summed E-state index contributed by atoms with van der Waals surface area (Å²) in [5.41, 5.74) is -0.339. The van der Waals surface area contributed by atoms with Gasteiger partial charge in [0.25, 0.3) is 5.56 Å². The summed E-state index contributed by atoms with van der Waals surface area (Å²) in [6.07, 6.45) is -2.13. The highest BCUT2D eigenvalue weighted by Gasteiger charge is 2.31. The number of ketones is 1. The topological polar surface area (TPSA) is 62.8 Å². The summed E-state index contributed by atoms with van der Waals surface area (Å²) in [6, 6.07) is 8.18. The number of nitrogens with zero attached hydrogens (tertiary/aromatic N) is 1. The second-order valence-electron chi connectivity index (χ2n) is 6.57. The number of halogens is 4. The van der Waals surface area contributed by atoms with Crippen molar-refractivity contribution in [2.45, 2.75) is 25.4 Å². The highest BCUT2D eigenvalue weighted by atomic mass is 19.4. The van der Waals surface area contributed by atoms with E-state index in [1.54, 1.807) is 6.92 Å². The van der Waals surface area contributed by atoms with Gasteiger partial charge in [0.2, 0.25) is 0 Å². The van der Waals surface area contributed by atoms with Gasteiger partial charge in [-0.2, -0.15) is 13.2 Å². The number of rotatable bonds is 5. The summed E-state index contributed by atoms with van der Waals surface area (Å²) in [4.78, 5) is 30.7. The molecule has 0 aliphatic rings. The molecule has 1 N–H and O–H groups in total. The molecule has 0 radical (unpaired) electrons. The smallest absolute Gasteiger partial charge is 0.328 e. The summed E-state index contributed by atoms with van der Waals surface area (Å²) in [7, 11) is 0. The number of hydrogen-bond acceptors (Lipinski definition) is 3. The fourth-order valence-electron chi connectivity index (χ4n) is 2.99. The van der Waals surface area contributed by atoms with E-state index >= 15 is 0 Å². The van der Waals surface area contributed by atoms with Gasteiger partial charge in [-0.25, -0.2) is 4.39 Å². The van der Waals surface area contributed by atoms with Crippen molar-refractivity contribution in [1.82, 2.24) is 9.97 Å². The zero-order valence-corrected chi connectivity index (χ0v) is 15.3. The molecule has 1 atom stereocenters. The number of aromatic amines is 1. The molecule has 3 aromatic rings. The van der Waals surface area contributed by atoms with Gasteiger partial charge in [-0.1, -0.05) is 12.1 Å². The predicted molar refractivity (Wildman–Crippen MR) is 98.2 cm³/mol. The minimum atomic E-state index is -4.51. The van der Waals surface area contributed by atoms with E-state index in [0.29, 0.717) is 11.1 Å². The first-order valence-electron chi connectivity index (χ1n) is 8.67. The van der Waals surface area contributed by atoms with Crippen molar-refractivity contribution < 1.29 is 22.4 Å². The van der Waals surface area contributed by atoms with Crippen molar-refractivity contribution in [3.63, 3.8) is 0 Å². The molecule has 3 rings (SSSR count). The zero-order chi connectivity index (χ0) is 21.2. The molecule has 1 aromatic carbocycles. The molecular weight excluding hydrogens is 388 g/mol. The standard InChI is InChI=1S/C21H16F4N2O2/c1-12-9-14(11-27-20(12)29)18(28)10-16(19-17(22)3-2-8-26-19)13-4-6-15(7-5-13)21(23,24)25/h2-9,11,16H,10H2,1H3,(H,27,29)/t16-/m0/s1. The van der Waals surface area contributed by atoms with Crippen molar-refractivity contribution in [3.05, 3.63) is 99.0 Å². The van der Waals surface area contributed by atoms with Crippen LogP contribution in [-0.4, -0.2) is 15.8 Å². The Kier molecular flexibility index (Phi) is 5.63. The van der Waals surface area contributed by atoms with E-state index in [2.05, 4.69) is 9.97 Å². The van der Waals surface area contributed by atoms with Crippen LogP contribution in [0.1, 0.15) is 45.1 Å². The molecule has 0 aliphatic heterocycles. The number of hydrogen-bond donors (Lipinski definition) is 1. The third-order valence-electron chi connectivity index (χ3n) is 4.56. The highest BCUT2D eigenvalue weighted by molar-refractivity contribution is 5.96. The van der Waals surface area contributed by atoms with Gasteiger partial charge in [0.05, 0.1) is 11.3 Å². The van der Waals surface area contributed by atoms with E-state index in [9.17, 15) is 27.2 Å². The van der Waals surface area contributed by atoms with Gasteiger partial charge in [-0.3, -0.25) is 14.6 Å². The molecule has 2 aromatic heterocycles. The summed E-state index contributed by atoms with van der Waals surface area (Å²) in [6.45, 7) is 1.54. The minimum Gasteiger partial charge on any atom is -0.328 e. The summed E-state index contributed by atoms with van der Waals surface area (Å²) < 4.78 is 52.9. The van der Waals surface area contributed by atoms with Gasteiger partial charge < -0.3 is 4.98 Å². The molecule has 0 spiro atoms. The van der Waals surface area contributed by atoms with Crippen LogP contribution in [0.2, 0.25) is 0 Å². The van der Waals surface area contributed by atoms with Gasteiger partial charge in [-0.15, -0.1) is 0 Å². The van der Waals surface area contributed by atoms with Crippen LogP contribution >= 0.6 is 0 Å². The van der Waals surface area contributed by atoms with E-state index in [1.165, 1.54) is 42.7 Å². The molecule has 0 fully saturated rings. The van der Waals surface area contributed by atoms with Gasteiger partial charge in [-0.05, 0) is 42.8 Å². The molecule has 0 amide bonds. The maximum atomic E-state index is 14.4. The Morgan fingerprint density at radius 1 is 1.17 bits per heavy atom. The first-order valence-corrected chi connectivity index (χ1v) is 8.67. The largest absolute Gasteiger partial charge is 0.416 e. The number of pyridine rings is 2. The first kappa shape index (κ1) is 20.4. The lowest BCUT2D eigenvalue weighted by atomic mass is 9.88. The zero-order valence-electron chi connectivity index (χ0n) is 15.3. The normalized spacial score (nSPS) is 12.6.